The average molecular weight is 383 g/mol. The number of nitrogens with zero attached hydrogens (tertiary/aromatic N) is 6. The van der Waals surface area contributed by atoms with Crippen molar-refractivity contribution in [1.29, 1.82) is 0 Å². The van der Waals surface area contributed by atoms with Crippen molar-refractivity contribution < 1.29 is 9.26 Å². The van der Waals surface area contributed by atoms with E-state index < -0.39 is 0 Å². The van der Waals surface area contributed by atoms with Gasteiger partial charge in [0.25, 0.3) is 5.89 Å². The molecule has 0 saturated carbocycles. The summed E-state index contributed by atoms with van der Waals surface area (Å²) < 4.78 is 15.2. The zero-order valence-electron chi connectivity index (χ0n) is 14.4. The molecule has 1 aliphatic rings. The van der Waals surface area contributed by atoms with Gasteiger partial charge in [-0.15, -0.1) is 5.10 Å². The Morgan fingerprint density at radius 2 is 2.04 bits per heavy atom. The van der Waals surface area contributed by atoms with Crippen LogP contribution in [0.1, 0.15) is 17.4 Å². The van der Waals surface area contributed by atoms with Crippen LogP contribution < -0.4 is 0 Å². The highest BCUT2D eigenvalue weighted by Gasteiger charge is 2.27. The minimum atomic E-state index is -0.103. The number of rotatable bonds is 3. The number of aryl methyl sites for hydroxylation is 1. The minimum Gasteiger partial charge on any atom is -0.365 e. The summed E-state index contributed by atoms with van der Waals surface area (Å²) in [5, 5.41) is 13.3. The molecule has 1 atom stereocenters. The molecule has 0 N–H and O–H groups in total. The van der Waals surface area contributed by atoms with E-state index in [2.05, 4.69) is 20.5 Å². The lowest BCUT2D eigenvalue weighted by molar-refractivity contribution is -0.00111. The summed E-state index contributed by atoms with van der Waals surface area (Å²) in [6, 6.07) is 11.5. The second-order valence-electron chi connectivity index (χ2n) is 6.35. The first-order valence-corrected chi connectivity index (χ1v) is 8.82. The van der Waals surface area contributed by atoms with Crippen molar-refractivity contribution in [2.24, 2.45) is 7.05 Å². The van der Waals surface area contributed by atoms with Gasteiger partial charge in [-0.25, -0.2) is 4.68 Å². The summed E-state index contributed by atoms with van der Waals surface area (Å²) in [7, 11) is 1.92. The molecule has 4 heterocycles. The monoisotopic (exact) mass is 382 g/mol. The van der Waals surface area contributed by atoms with E-state index in [4.69, 9.17) is 20.9 Å². The second-order valence-corrected chi connectivity index (χ2v) is 6.78. The number of fused-ring (bicyclic) bond motifs is 1. The molecular formula is C18H15ClN6O2. The summed E-state index contributed by atoms with van der Waals surface area (Å²) in [5.41, 5.74) is 3.30. The van der Waals surface area contributed by atoms with Crippen LogP contribution in [0.4, 0.5) is 0 Å². The molecule has 0 fully saturated rings. The molecule has 3 aromatic heterocycles. The topological polar surface area (TPSA) is 83.8 Å². The van der Waals surface area contributed by atoms with Gasteiger partial charge < -0.3 is 13.8 Å². The van der Waals surface area contributed by atoms with Crippen LogP contribution in [0.2, 0.25) is 5.02 Å². The summed E-state index contributed by atoms with van der Waals surface area (Å²) in [6.07, 6.45) is 1.82. The van der Waals surface area contributed by atoms with E-state index in [-0.39, 0.29) is 6.10 Å². The normalized spacial score (nSPS) is 16.4. The van der Waals surface area contributed by atoms with Gasteiger partial charge in [0.05, 0.1) is 18.8 Å². The van der Waals surface area contributed by atoms with Crippen molar-refractivity contribution >= 4 is 11.6 Å². The van der Waals surface area contributed by atoms with E-state index in [1.54, 1.807) is 0 Å². The van der Waals surface area contributed by atoms with E-state index in [1.807, 2.05) is 58.9 Å². The Labute approximate surface area is 159 Å². The quantitative estimate of drug-likeness (QED) is 0.540. The molecular weight excluding hydrogens is 368 g/mol. The average Bonchev–Trinajstić information content (AvgIpc) is 3.40. The van der Waals surface area contributed by atoms with Crippen LogP contribution in [0.5, 0.6) is 0 Å². The van der Waals surface area contributed by atoms with Crippen LogP contribution >= 0.6 is 11.6 Å². The molecule has 136 valence electrons. The number of ether oxygens (including phenoxy) is 1. The Kier molecular flexibility index (Phi) is 3.80. The van der Waals surface area contributed by atoms with Gasteiger partial charge in [-0.2, -0.15) is 4.98 Å². The largest absolute Gasteiger partial charge is 0.365 e. The lowest BCUT2D eigenvalue weighted by Gasteiger charge is -2.24. The molecule has 9 heteroatoms. The van der Waals surface area contributed by atoms with E-state index in [1.165, 1.54) is 0 Å². The molecule has 27 heavy (non-hydrogen) atoms. The highest BCUT2D eigenvalue weighted by molar-refractivity contribution is 6.30. The van der Waals surface area contributed by atoms with Crippen molar-refractivity contribution in [3.05, 3.63) is 58.9 Å². The Morgan fingerprint density at radius 1 is 1.19 bits per heavy atom. The van der Waals surface area contributed by atoms with Gasteiger partial charge in [0.1, 0.15) is 11.8 Å². The predicted octanol–water partition coefficient (Wildman–Crippen LogP) is 3.26. The molecule has 0 aliphatic carbocycles. The van der Waals surface area contributed by atoms with Crippen LogP contribution in [-0.4, -0.2) is 29.7 Å². The first kappa shape index (κ1) is 16.2. The van der Waals surface area contributed by atoms with Gasteiger partial charge in [0.15, 0.2) is 5.69 Å². The third-order valence-electron chi connectivity index (χ3n) is 4.64. The number of hydrogen-bond acceptors (Lipinski definition) is 6. The molecule has 8 nitrogen and oxygen atoms in total. The fourth-order valence-corrected chi connectivity index (χ4v) is 3.30. The van der Waals surface area contributed by atoms with Gasteiger partial charge in [0.2, 0.25) is 5.82 Å². The molecule has 0 spiro atoms. The highest BCUT2D eigenvalue weighted by atomic mass is 35.5. The van der Waals surface area contributed by atoms with E-state index >= 15 is 0 Å². The summed E-state index contributed by atoms with van der Waals surface area (Å²) in [5.74, 6) is 0.844. The van der Waals surface area contributed by atoms with Crippen molar-refractivity contribution in [1.82, 2.24) is 29.7 Å². The minimum absolute atomic E-state index is 0.103. The first-order chi connectivity index (χ1) is 13.2. The van der Waals surface area contributed by atoms with Gasteiger partial charge in [-0.05, 0) is 29.8 Å². The Hall–Kier alpha value is -2.97. The van der Waals surface area contributed by atoms with Crippen molar-refractivity contribution in [3.8, 4) is 23.1 Å². The fraction of sp³-hybridized carbons (Fsp3) is 0.222. The third kappa shape index (κ3) is 2.83. The molecule has 5 rings (SSSR count). The number of halogens is 1. The number of aromatic nitrogens is 6. The van der Waals surface area contributed by atoms with Crippen molar-refractivity contribution in [3.63, 3.8) is 0 Å². The summed E-state index contributed by atoms with van der Waals surface area (Å²) >= 11 is 5.96. The Bertz CT molecular complexity index is 1100. The molecule has 0 bridgehead atoms. The molecule has 0 unspecified atom stereocenters. The molecule has 1 aliphatic heterocycles. The first-order valence-electron chi connectivity index (χ1n) is 8.44. The maximum atomic E-state index is 6.01. The lowest BCUT2D eigenvalue weighted by Crippen LogP contribution is -2.22. The molecule has 1 aromatic carbocycles. The Balaban J connectivity index is 1.42. The standard InChI is InChI=1S/C18H15ClN6O2/c1-24-8-2-3-13(24)18-20-17(22-27-18)16-14-10-26-15(9-25(14)23-21-16)11-4-6-12(19)7-5-11/h2-8,15H,9-10H2,1H3/t15-/m1/s1. The molecule has 0 radical (unpaired) electrons. The predicted molar refractivity (Wildman–Crippen MR) is 96.7 cm³/mol. The van der Waals surface area contributed by atoms with Crippen LogP contribution in [0.15, 0.2) is 47.1 Å². The Morgan fingerprint density at radius 3 is 2.81 bits per heavy atom. The lowest BCUT2D eigenvalue weighted by atomic mass is 10.1. The number of benzene rings is 1. The van der Waals surface area contributed by atoms with Gasteiger partial charge in [0, 0.05) is 18.3 Å². The highest BCUT2D eigenvalue weighted by Crippen LogP contribution is 2.31. The van der Waals surface area contributed by atoms with Gasteiger partial charge in [-0.3, -0.25) is 0 Å². The summed E-state index contributed by atoms with van der Waals surface area (Å²) in [4.78, 5) is 4.47. The van der Waals surface area contributed by atoms with E-state index in [9.17, 15) is 0 Å². The molecule has 0 saturated heterocycles. The van der Waals surface area contributed by atoms with Gasteiger partial charge in [-0.1, -0.05) is 34.1 Å². The maximum absolute atomic E-state index is 6.01. The van der Waals surface area contributed by atoms with Crippen LogP contribution in [-0.2, 0) is 24.9 Å². The van der Waals surface area contributed by atoms with Crippen molar-refractivity contribution in [2.45, 2.75) is 19.3 Å². The summed E-state index contributed by atoms with van der Waals surface area (Å²) in [6.45, 7) is 0.927. The smallest absolute Gasteiger partial charge is 0.274 e. The van der Waals surface area contributed by atoms with Crippen molar-refractivity contribution in [2.75, 3.05) is 0 Å². The maximum Gasteiger partial charge on any atom is 0.274 e. The zero-order chi connectivity index (χ0) is 18.4. The number of hydrogen-bond donors (Lipinski definition) is 0. The fourth-order valence-electron chi connectivity index (χ4n) is 3.17. The second kappa shape index (κ2) is 6.33. The zero-order valence-corrected chi connectivity index (χ0v) is 15.2. The van der Waals surface area contributed by atoms with E-state index in [0.717, 1.165) is 17.0 Å². The van der Waals surface area contributed by atoms with Gasteiger partial charge >= 0.3 is 0 Å². The van der Waals surface area contributed by atoms with Crippen LogP contribution in [0.25, 0.3) is 23.1 Å². The molecule has 4 aromatic rings. The SMILES string of the molecule is Cn1cccc1-c1nc(-c2nnn3c2CO[C@@H](c2ccc(Cl)cc2)C3)no1. The third-order valence-corrected chi connectivity index (χ3v) is 4.89. The van der Waals surface area contributed by atoms with Crippen LogP contribution in [0.3, 0.4) is 0 Å². The molecule has 0 amide bonds. The van der Waals surface area contributed by atoms with E-state index in [0.29, 0.717) is 35.6 Å². The van der Waals surface area contributed by atoms with Crippen LogP contribution in [0, 0.1) is 0 Å².